The zero-order valence-corrected chi connectivity index (χ0v) is 9.64. The van der Waals surface area contributed by atoms with E-state index in [0.29, 0.717) is 0 Å². The molecule has 0 N–H and O–H groups in total. The van der Waals surface area contributed by atoms with Gasteiger partial charge < -0.3 is 4.42 Å². The van der Waals surface area contributed by atoms with Gasteiger partial charge in [-0.15, -0.1) is 0 Å². The molecule has 18 heavy (non-hydrogen) atoms. The summed E-state index contributed by atoms with van der Waals surface area (Å²) in [6.07, 6.45) is 1.62. The van der Waals surface area contributed by atoms with Crippen molar-refractivity contribution in [1.29, 1.82) is 0 Å². The average Bonchev–Trinajstić information content (AvgIpc) is 2.93. The quantitative estimate of drug-likeness (QED) is 0.627. The molecule has 1 heterocycles. The molecule has 0 radical (unpaired) electrons. The first-order valence-electron chi connectivity index (χ1n) is 5.73. The van der Waals surface area contributed by atoms with Crippen LogP contribution in [0.15, 0.2) is 71.3 Å². The van der Waals surface area contributed by atoms with Crippen LogP contribution in [0.1, 0.15) is 0 Å². The van der Waals surface area contributed by atoms with Crippen LogP contribution in [0, 0.1) is 5.82 Å². The Morgan fingerprint density at radius 1 is 0.778 bits per heavy atom. The van der Waals surface area contributed by atoms with Crippen LogP contribution in [0.5, 0.6) is 0 Å². The van der Waals surface area contributed by atoms with Crippen LogP contribution in [-0.2, 0) is 0 Å². The molecule has 0 aliphatic rings. The van der Waals surface area contributed by atoms with Crippen LogP contribution in [0.2, 0.25) is 0 Å². The topological polar surface area (TPSA) is 13.1 Å². The Labute approximate surface area is 105 Å². The first-order chi connectivity index (χ1) is 8.84. The number of hydrogen-bond acceptors (Lipinski definition) is 1. The maximum Gasteiger partial charge on any atom is 0.134 e. The van der Waals surface area contributed by atoms with Gasteiger partial charge in [0.2, 0.25) is 0 Å². The van der Waals surface area contributed by atoms with E-state index >= 15 is 0 Å². The van der Waals surface area contributed by atoms with Gasteiger partial charge in [-0.25, -0.2) is 4.39 Å². The van der Waals surface area contributed by atoms with Crippen LogP contribution in [0.25, 0.3) is 22.5 Å². The third-order valence-corrected chi connectivity index (χ3v) is 2.85. The fourth-order valence-electron chi connectivity index (χ4n) is 2.02. The van der Waals surface area contributed by atoms with Gasteiger partial charge in [-0.1, -0.05) is 30.3 Å². The summed E-state index contributed by atoms with van der Waals surface area (Å²) in [4.78, 5) is 0. The second-order valence-electron chi connectivity index (χ2n) is 4.03. The predicted octanol–water partition coefficient (Wildman–Crippen LogP) is 4.75. The van der Waals surface area contributed by atoms with Crippen molar-refractivity contribution >= 4 is 0 Å². The molecule has 1 aromatic heterocycles. The van der Waals surface area contributed by atoms with E-state index in [1.54, 1.807) is 12.3 Å². The Bertz CT molecular complexity index is 642. The van der Waals surface area contributed by atoms with Crippen LogP contribution >= 0.6 is 0 Å². The molecule has 0 aliphatic carbocycles. The van der Waals surface area contributed by atoms with Gasteiger partial charge in [-0.3, -0.25) is 0 Å². The highest BCUT2D eigenvalue weighted by atomic mass is 19.1. The predicted molar refractivity (Wildman–Crippen MR) is 69.5 cm³/mol. The summed E-state index contributed by atoms with van der Waals surface area (Å²) in [5, 5.41) is 0. The summed E-state index contributed by atoms with van der Waals surface area (Å²) in [5.74, 6) is 0.498. The van der Waals surface area contributed by atoms with Crippen LogP contribution in [0.4, 0.5) is 4.39 Å². The number of hydrogen-bond donors (Lipinski definition) is 0. The van der Waals surface area contributed by atoms with E-state index in [2.05, 4.69) is 0 Å². The standard InChI is InChI=1S/C16H11FO/c17-13-8-9-14(16-7-4-10-18-16)15(11-13)12-5-2-1-3-6-12/h1-11H. The minimum Gasteiger partial charge on any atom is -0.464 e. The maximum absolute atomic E-state index is 13.4. The lowest BCUT2D eigenvalue weighted by Crippen LogP contribution is -1.85. The molecule has 2 aromatic carbocycles. The van der Waals surface area contributed by atoms with Crippen molar-refractivity contribution in [2.45, 2.75) is 0 Å². The Balaban J connectivity index is 2.22. The normalized spacial score (nSPS) is 10.5. The second-order valence-corrected chi connectivity index (χ2v) is 4.03. The first kappa shape index (κ1) is 10.8. The number of furan rings is 1. The largest absolute Gasteiger partial charge is 0.464 e. The third kappa shape index (κ3) is 1.93. The molecule has 0 fully saturated rings. The zero-order valence-electron chi connectivity index (χ0n) is 9.64. The van der Waals surface area contributed by atoms with Crippen molar-refractivity contribution in [2.75, 3.05) is 0 Å². The van der Waals surface area contributed by atoms with Gasteiger partial charge in [0.25, 0.3) is 0 Å². The minimum atomic E-state index is -0.246. The minimum absolute atomic E-state index is 0.246. The van der Waals surface area contributed by atoms with Crippen molar-refractivity contribution in [3.8, 4) is 22.5 Å². The highest BCUT2D eigenvalue weighted by Crippen LogP contribution is 2.32. The van der Waals surface area contributed by atoms with Crippen molar-refractivity contribution in [1.82, 2.24) is 0 Å². The zero-order chi connectivity index (χ0) is 12.4. The summed E-state index contributed by atoms with van der Waals surface area (Å²) in [6.45, 7) is 0. The number of rotatable bonds is 2. The van der Waals surface area contributed by atoms with E-state index in [1.165, 1.54) is 12.1 Å². The summed E-state index contributed by atoms with van der Waals surface area (Å²) in [6, 6.07) is 18.2. The number of halogens is 1. The van der Waals surface area contributed by atoms with E-state index in [1.807, 2.05) is 42.5 Å². The molecule has 1 nitrogen and oxygen atoms in total. The molecule has 3 rings (SSSR count). The van der Waals surface area contributed by atoms with Crippen molar-refractivity contribution in [3.05, 3.63) is 72.7 Å². The summed E-state index contributed by atoms with van der Waals surface area (Å²) >= 11 is 0. The Hall–Kier alpha value is -2.35. The fraction of sp³-hybridized carbons (Fsp3) is 0. The van der Waals surface area contributed by atoms with E-state index < -0.39 is 0 Å². The maximum atomic E-state index is 13.4. The van der Waals surface area contributed by atoms with Gasteiger partial charge >= 0.3 is 0 Å². The highest BCUT2D eigenvalue weighted by molar-refractivity contribution is 5.81. The number of benzene rings is 2. The molecule has 0 aliphatic heterocycles. The van der Waals surface area contributed by atoms with Gasteiger partial charge in [0.1, 0.15) is 11.6 Å². The molecule has 0 spiro atoms. The van der Waals surface area contributed by atoms with Gasteiger partial charge in [-0.05, 0) is 41.5 Å². The molecule has 3 aromatic rings. The molecule has 0 saturated heterocycles. The van der Waals surface area contributed by atoms with Crippen LogP contribution in [-0.4, -0.2) is 0 Å². The fourth-order valence-corrected chi connectivity index (χ4v) is 2.02. The molecule has 2 heteroatoms. The smallest absolute Gasteiger partial charge is 0.134 e. The second kappa shape index (κ2) is 4.49. The van der Waals surface area contributed by atoms with Gasteiger partial charge in [0.05, 0.1) is 6.26 Å². The van der Waals surface area contributed by atoms with E-state index in [0.717, 1.165) is 22.5 Å². The average molecular weight is 238 g/mol. The molecule has 0 atom stereocenters. The van der Waals surface area contributed by atoms with Crippen molar-refractivity contribution < 1.29 is 8.81 Å². The Kier molecular flexibility index (Phi) is 2.69. The van der Waals surface area contributed by atoms with Crippen LogP contribution < -0.4 is 0 Å². The Morgan fingerprint density at radius 2 is 1.61 bits per heavy atom. The molecular weight excluding hydrogens is 227 g/mol. The molecule has 0 amide bonds. The summed E-state index contributed by atoms with van der Waals surface area (Å²) in [5.41, 5.74) is 2.71. The van der Waals surface area contributed by atoms with Crippen LogP contribution in [0.3, 0.4) is 0 Å². The monoisotopic (exact) mass is 238 g/mol. The van der Waals surface area contributed by atoms with E-state index in [4.69, 9.17) is 4.42 Å². The Morgan fingerprint density at radius 3 is 2.33 bits per heavy atom. The first-order valence-corrected chi connectivity index (χ1v) is 5.73. The molecular formula is C16H11FO. The SMILES string of the molecule is Fc1ccc(-c2ccco2)c(-c2ccccc2)c1. The van der Waals surface area contributed by atoms with Gasteiger partial charge in [0.15, 0.2) is 0 Å². The summed E-state index contributed by atoms with van der Waals surface area (Å²) < 4.78 is 18.8. The van der Waals surface area contributed by atoms with Crippen molar-refractivity contribution in [2.24, 2.45) is 0 Å². The summed E-state index contributed by atoms with van der Waals surface area (Å²) in [7, 11) is 0. The lowest BCUT2D eigenvalue weighted by atomic mass is 9.98. The lowest BCUT2D eigenvalue weighted by Gasteiger charge is -2.07. The highest BCUT2D eigenvalue weighted by Gasteiger charge is 2.10. The van der Waals surface area contributed by atoms with Crippen molar-refractivity contribution in [3.63, 3.8) is 0 Å². The lowest BCUT2D eigenvalue weighted by molar-refractivity contribution is 0.582. The van der Waals surface area contributed by atoms with Gasteiger partial charge in [0, 0.05) is 5.56 Å². The van der Waals surface area contributed by atoms with E-state index in [-0.39, 0.29) is 5.82 Å². The van der Waals surface area contributed by atoms with E-state index in [9.17, 15) is 4.39 Å². The molecule has 88 valence electrons. The molecule has 0 unspecified atom stereocenters. The molecule has 0 bridgehead atoms. The third-order valence-electron chi connectivity index (χ3n) is 2.85. The van der Waals surface area contributed by atoms with Gasteiger partial charge in [-0.2, -0.15) is 0 Å². The molecule has 0 saturated carbocycles.